The van der Waals surface area contributed by atoms with E-state index in [0.717, 1.165) is 49.5 Å². The van der Waals surface area contributed by atoms with Crippen LogP contribution < -0.4 is 21.5 Å². The largest absolute Gasteiger partial charge is 0.348 e. The molecule has 8 nitrogen and oxygen atoms in total. The summed E-state index contributed by atoms with van der Waals surface area (Å²) in [6.45, 7) is 3.89. The fourth-order valence-corrected chi connectivity index (χ4v) is 6.01. The van der Waals surface area contributed by atoms with Gasteiger partial charge in [-0.1, -0.05) is 42.5 Å². The number of aromatic nitrogens is 3. The molecule has 1 amide bonds. The number of carbonyl (C=O) groups is 1. The molecule has 9 heteroatoms. The van der Waals surface area contributed by atoms with Crippen LogP contribution in [0.3, 0.4) is 0 Å². The third-order valence-electron chi connectivity index (χ3n) is 6.60. The predicted molar refractivity (Wildman–Crippen MR) is 130 cm³/mol. The molecule has 0 bridgehead atoms. The van der Waals surface area contributed by atoms with Crippen LogP contribution >= 0.6 is 11.3 Å². The van der Waals surface area contributed by atoms with Crippen LogP contribution in [-0.4, -0.2) is 33.1 Å². The minimum Gasteiger partial charge on any atom is -0.348 e. The third kappa shape index (κ3) is 4.10. The highest BCUT2D eigenvalue weighted by Crippen LogP contribution is 2.31. The molecule has 0 radical (unpaired) electrons. The maximum Gasteiger partial charge on any atom is 0.333 e. The molecule has 3 aromatic rings. The molecule has 33 heavy (non-hydrogen) atoms. The van der Waals surface area contributed by atoms with E-state index < -0.39 is 5.69 Å². The number of thiazole rings is 1. The van der Waals surface area contributed by atoms with Crippen LogP contribution in [-0.2, 0) is 24.3 Å². The summed E-state index contributed by atoms with van der Waals surface area (Å²) in [5, 5.41) is 3.85. The summed E-state index contributed by atoms with van der Waals surface area (Å²) in [6, 6.07) is 8.08. The first-order chi connectivity index (χ1) is 16.1. The van der Waals surface area contributed by atoms with Gasteiger partial charge in [-0.2, -0.15) is 0 Å². The molecule has 0 saturated carbocycles. The highest BCUT2D eigenvalue weighted by atomic mass is 32.1. The van der Waals surface area contributed by atoms with E-state index in [0.29, 0.717) is 23.3 Å². The fourth-order valence-electron chi connectivity index (χ4n) is 4.94. The smallest absolute Gasteiger partial charge is 0.333 e. The molecule has 1 N–H and O–H groups in total. The van der Waals surface area contributed by atoms with E-state index in [-0.39, 0.29) is 24.1 Å². The van der Waals surface area contributed by atoms with Crippen molar-refractivity contribution in [1.82, 2.24) is 19.4 Å². The summed E-state index contributed by atoms with van der Waals surface area (Å²) >= 11 is 1.33. The first-order valence-electron chi connectivity index (χ1n) is 11.8. The second-order valence-electron chi connectivity index (χ2n) is 8.88. The van der Waals surface area contributed by atoms with Crippen molar-refractivity contribution in [2.24, 2.45) is 0 Å². The van der Waals surface area contributed by atoms with Crippen LogP contribution in [0.1, 0.15) is 56.2 Å². The molecule has 1 atom stereocenters. The van der Waals surface area contributed by atoms with E-state index in [1.165, 1.54) is 32.5 Å². The van der Waals surface area contributed by atoms with Gasteiger partial charge in [0.05, 0.1) is 6.04 Å². The quantitative estimate of drug-likeness (QED) is 0.602. The van der Waals surface area contributed by atoms with Gasteiger partial charge in [0, 0.05) is 19.6 Å². The van der Waals surface area contributed by atoms with Crippen LogP contribution in [0.25, 0.3) is 10.3 Å². The van der Waals surface area contributed by atoms with Crippen LogP contribution in [0.15, 0.2) is 33.9 Å². The van der Waals surface area contributed by atoms with Crippen molar-refractivity contribution in [3.8, 4) is 0 Å². The molecule has 2 aliphatic rings. The zero-order valence-electron chi connectivity index (χ0n) is 18.9. The molecular weight excluding hydrogens is 438 g/mol. The molecule has 1 aliphatic carbocycles. The number of rotatable bonds is 6. The topological polar surface area (TPSA) is 89.2 Å². The molecule has 1 fully saturated rings. The van der Waals surface area contributed by atoms with Crippen molar-refractivity contribution in [2.75, 3.05) is 18.0 Å². The Hall–Kier alpha value is -2.94. The Morgan fingerprint density at radius 3 is 2.73 bits per heavy atom. The van der Waals surface area contributed by atoms with Gasteiger partial charge >= 0.3 is 5.69 Å². The number of aryl methyl sites for hydroxylation is 1. The van der Waals surface area contributed by atoms with Gasteiger partial charge in [0.1, 0.15) is 11.2 Å². The Kier molecular flexibility index (Phi) is 6.05. The highest BCUT2D eigenvalue weighted by Gasteiger charge is 2.26. The first-order valence-corrected chi connectivity index (χ1v) is 12.6. The van der Waals surface area contributed by atoms with Gasteiger partial charge in [-0.05, 0) is 49.7 Å². The molecule has 1 aliphatic heterocycles. The first kappa shape index (κ1) is 21.9. The van der Waals surface area contributed by atoms with Crippen molar-refractivity contribution in [1.29, 1.82) is 0 Å². The normalized spacial score (nSPS) is 18.0. The van der Waals surface area contributed by atoms with Crippen molar-refractivity contribution >= 4 is 32.7 Å². The average Bonchev–Trinajstić information content (AvgIpc) is 3.45. The maximum atomic E-state index is 13.2. The number of hydrogen-bond acceptors (Lipinski definition) is 6. The van der Waals surface area contributed by atoms with Gasteiger partial charge in [0.25, 0.3) is 5.56 Å². The van der Waals surface area contributed by atoms with Gasteiger partial charge in [-0.3, -0.25) is 18.7 Å². The van der Waals surface area contributed by atoms with Gasteiger partial charge in [-0.15, -0.1) is 0 Å². The third-order valence-corrected chi connectivity index (χ3v) is 7.69. The predicted octanol–water partition coefficient (Wildman–Crippen LogP) is 2.82. The molecule has 0 spiro atoms. The van der Waals surface area contributed by atoms with Crippen LogP contribution in [0.5, 0.6) is 0 Å². The van der Waals surface area contributed by atoms with Crippen molar-refractivity contribution in [3.63, 3.8) is 0 Å². The molecule has 1 saturated heterocycles. The van der Waals surface area contributed by atoms with E-state index in [1.54, 1.807) is 0 Å². The summed E-state index contributed by atoms with van der Waals surface area (Å²) in [5.41, 5.74) is 1.94. The molecule has 2 aromatic heterocycles. The van der Waals surface area contributed by atoms with Gasteiger partial charge in [0.15, 0.2) is 10.8 Å². The maximum absolute atomic E-state index is 13.2. The molecular formula is C24H29N5O3S. The van der Waals surface area contributed by atoms with Crippen LogP contribution in [0, 0.1) is 0 Å². The molecule has 5 rings (SSSR count). The van der Waals surface area contributed by atoms with Crippen LogP contribution in [0.2, 0.25) is 0 Å². The lowest BCUT2D eigenvalue weighted by atomic mass is 10.1. The Bertz CT molecular complexity index is 1300. The van der Waals surface area contributed by atoms with Crippen molar-refractivity contribution in [3.05, 3.63) is 56.2 Å². The second-order valence-corrected chi connectivity index (χ2v) is 9.86. The lowest BCUT2D eigenvalue weighted by Gasteiger charge is -2.25. The molecule has 174 valence electrons. The summed E-state index contributed by atoms with van der Waals surface area (Å²) in [6.07, 6.45) is 5.81. The number of anilines is 1. The van der Waals surface area contributed by atoms with Crippen molar-refractivity contribution in [2.45, 2.75) is 64.6 Å². The Balaban J connectivity index is 1.49. The minimum atomic E-state index is -0.466. The monoisotopic (exact) mass is 467 g/mol. The van der Waals surface area contributed by atoms with Crippen molar-refractivity contribution < 1.29 is 4.79 Å². The van der Waals surface area contributed by atoms with E-state index >= 15 is 0 Å². The minimum absolute atomic E-state index is 0.0548. The number of nitrogens with one attached hydrogen (secondary N) is 1. The zero-order valence-corrected chi connectivity index (χ0v) is 19.7. The Morgan fingerprint density at radius 1 is 1.15 bits per heavy atom. The molecule has 1 unspecified atom stereocenters. The fraction of sp³-hybridized carbons (Fsp3) is 0.500. The van der Waals surface area contributed by atoms with Gasteiger partial charge < -0.3 is 10.2 Å². The number of amides is 1. The standard InChI is InChI=1S/C24H29N5O3S/c1-2-12-28-22(31)20-21(26-23(33-20)27-13-6-3-7-14-27)29(24(28)32)15-19(30)25-18-11-10-16-8-4-5-9-17(16)18/h4-5,8-9,18H,2-3,6-7,10-15H2,1H3,(H,25,30). The lowest BCUT2D eigenvalue weighted by Crippen LogP contribution is -2.42. The average molecular weight is 468 g/mol. The zero-order chi connectivity index (χ0) is 22.9. The molecule has 1 aromatic carbocycles. The van der Waals surface area contributed by atoms with E-state index in [9.17, 15) is 14.4 Å². The summed E-state index contributed by atoms with van der Waals surface area (Å²) in [7, 11) is 0. The van der Waals surface area contributed by atoms with E-state index in [4.69, 9.17) is 4.98 Å². The number of fused-ring (bicyclic) bond motifs is 2. The van der Waals surface area contributed by atoms with Gasteiger partial charge in [0.2, 0.25) is 5.91 Å². The summed E-state index contributed by atoms with van der Waals surface area (Å²) in [4.78, 5) is 46.3. The highest BCUT2D eigenvalue weighted by molar-refractivity contribution is 7.22. The number of hydrogen-bond donors (Lipinski definition) is 1. The number of benzene rings is 1. The Labute approximate surface area is 195 Å². The molecule has 3 heterocycles. The van der Waals surface area contributed by atoms with Gasteiger partial charge in [-0.25, -0.2) is 9.78 Å². The second kappa shape index (κ2) is 9.13. The Morgan fingerprint density at radius 2 is 1.94 bits per heavy atom. The van der Waals surface area contributed by atoms with Crippen LogP contribution in [0.4, 0.5) is 5.13 Å². The SMILES string of the molecule is CCCn1c(=O)c2sc(N3CCCCC3)nc2n(CC(=O)NC2CCc3ccccc32)c1=O. The summed E-state index contributed by atoms with van der Waals surface area (Å²) in [5.74, 6) is -0.241. The van der Waals surface area contributed by atoms with E-state index in [1.807, 2.05) is 25.1 Å². The number of piperidine rings is 1. The number of carbonyl (C=O) groups excluding carboxylic acids is 1. The lowest BCUT2D eigenvalue weighted by molar-refractivity contribution is -0.122. The number of nitrogens with zero attached hydrogens (tertiary/aromatic N) is 4. The summed E-state index contributed by atoms with van der Waals surface area (Å²) < 4.78 is 3.08. The van der Waals surface area contributed by atoms with E-state index in [2.05, 4.69) is 16.3 Å².